The standard InChI is InChI=1S/C11H9BrF3N3O/c1-10(17,11(13,14)15)9(19)18-8-3-2-6(5-16)4-7(8)12/h2-4H,17H2,1H3,(H,18,19). The van der Waals surface area contributed by atoms with Crippen molar-refractivity contribution in [2.24, 2.45) is 5.73 Å². The van der Waals surface area contributed by atoms with E-state index >= 15 is 0 Å². The Labute approximate surface area is 115 Å². The largest absolute Gasteiger partial charge is 0.415 e. The SMILES string of the molecule is CC(N)(C(=O)Nc1ccc(C#N)cc1Br)C(F)(F)F. The average Bonchev–Trinajstić information content (AvgIpc) is 2.30. The van der Waals surface area contributed by atoms with Gasteiger partial charge < -0.3 is 11.1 Å². The highest BCUT2D eigenvalue weighted by Crippen LogP contribution is 2.30. The molecule has 0 aliphatic rings. The maximum atomic E-state index is 12.6. The molecule has 0 saturated carbocycles. The molecule has 0 aliphatic heterocycles. The Hall–Kier alpha value is -1.59. The molecule has 0 saturated heterocycles. The molecule has 0 bridgehead atoms. The van der Waals surface area contributed by atoms with Gasteiger partial charge in [-0.3, -0.25) is 4.79 Å². The van der Waals surface area contributed by atoms with Gasteiger partial charge in [0, 0.05) is 4.47 Å². The Morgan fingerprint density at radius 3 is 2.47 bits per heavy atom. The number of nitrogens with two attached hydrogens (primary N) is 1. The van der Waals surface area contributed by atoms with Crippen LogP contribution in [0.3, 0.4) is 0 Å². The number of carbonyl (C=O) groups is 1. The van der Waals surface area contributed by atoms with Crippen LogP contribution in [0.15, 0.2) is 22.7 Å². The van der Waals surface area contributed by atoms with Gasteiger partial charge in [0.1, 0.15) is 0 Å². The third kappa shape index (κ3) is 3.24. The second kappa shape index (κ2) is 5.19. The summed E-state index contributed by atoms with van der Waals surface area (Å²) in [5.41, 5.74) is 2.39. The number of hydrogen-bond donors (Lipinski definition) is 2. The van der Waals surface area contributed by atoms with Gasteiger partial charge in [-0.1, -0.05) is 0 Å². The summed E-state index contributed by atoms with van der Waals surface area (Å²) < 4.78 is 38.0. The van der Waals surface area contributed by atoms with Crippen molar-refractivity contribution in [1.82, 2.24) is 0 Å². The molecule has 19 heavy (non-hydrogen) atoms. The number of rotatable bonds is 2. The van der Waals surface area contributed by atoms with Gasteiger partial charge in [-0.05, 0) is 41.1 Å². The lowest BCUT2D eigenvalue weighted by Gasteiger charge is -2.26. The third-order valence-corrected chi connectivity index (χ3v) is 3.06. The Morgan fingerprint density at radius 2 is 2.05 bits per heavy atom. The molecule has 102 valence electrons. The molecule has 1 amide bonds. The highest BCUT2D eigenvalue weighted by molar-refractivity contribution is 9.10. The summed E-state index contributed by atoms with van der Waals surface area (Å²) in [5, 5.41) is 10.7. The van der Waals surface area contributed by atoms with Crippen LogP contribution in [0.2, 0.25) is 0 Å². The third-order valence-electron chi connectivity index (χ3n) is 2.41. The van der Waals surface area contributed by atoms with Gasteiger partial charge in [0.2, 0.25) is 0 Å². The fourth-order valence-corrected chi connectivity index (χ4v) is 1.54. The molecule has 1 rings (SSSR count). The second-order valence-corrected chi connectivity index (χ2v) is 4.81. The minimum absolute atomic E-state index is 0.102. The highest BCUT2D eigenvalue weighted by atomic mass is 79.9. The first-order valence-electron chi connectivity index (χ1n) is 4.96. The molecule has 1 atom stereocenters. The number of alkyl halides is 3. The first-order chi connectivity index (χ1) is 8.59. The minimum atomic E-state index is -4.86. The number of amides is 1. The van der Waals surface area contributed by atoms with E-state index in [1.165, 1.54) is 18.2 Å². The summed E-state index contributed by atoms with van der Waals surface area (Å²) in [5.74, 6) is -1.38. The van der Waals surface area contributed by atoms with Crippen LogP contribution in [0.4, 0.5) is 18.9 Å². The summed E-state index contributed by atoms with van der Waals surface area (Å²) >= 11 is 3.05. The lowest BCUT2D eigenvalue weighted by molar-refractivity contribution is -0.184. The van der Waals surface area contributed by atoms with E-state index in [9.17, 15) is 18.0 Å². The minimum Gasteiger partial charge on any atom is -0.323 e. The van der Waals surface area contributed by atoms with Gasteiger partial charge in [-0.25, -0.2) is 0 Å². The molecule has 1 unspecified atom stereocenters. The number of benzene rings is 1. The molecule has 4 nitrogen and oxygen atoms in total. The highest BCUT2D eigenvalue weighted by Gasteiger charge is 2.54. The van der Waals surface area contributed by atoms with E-state index < -0.39 is 17.6 Å². The summed E-state index contributed by atoms with van der Waals surface area (Å²) in [6.07, 6.45) is -4.86. The van der Waals surface area contributed by atoms with Crippen LogP contribution in [-0.4, -0.2) is 17.6 Å². The molecule has 0 heterocycles. The summed E-state index contributed by atoms with van der Waals surface area (Å²) in [6, 6.07) is 5.90. The quantitative estimate of drug-likeness (QED) is 0.871. The number of nitrogens with zero attached hydrogens (tertiary/aromatic N) is 1. The molecule has 0 fully saturated rings. The number of halogens is 4. The molecule has 1 aromatic carbocycles. The number of nitrogens with one attached hydrogen (secondary N) is 1. The molecule has 0 radical (unpaired) electrons. The zero-order valence-electron chi connectivity index (χ0n) is 9.68. The molecule has 0 spiro atoms. The van der Waals surface area contributed by atoms with Crippen molar-refractivity contribution in [3.63, 3.8) is 0 Å². The van der Waals surface area contributed by atoms with Crippen LogP contribution < -0.4 is 11.1 Å². The number of hydrogen-bond acceptors (Lipinski definition) is 3. The van der Waals surface area contributed by atoms with Crippen LogP contribution in [-0.2, 0) is 4.79 Å². The zero-order valence-corrected chi connectivity index (χ0v) is 11.3. The van der Waals surface area contributed by atoms with Gasteiger partial charge in [0.05, 0.1) is 17.3 Å². The Kier molecular flexibility index (Phi) is 4.22. The molecular weight excluding hydrogens is 327 g/mol. The Bertz CT molecular complexity index is 549. The fourth-order valence-electron chi connectivity index (χ4n) is 1.07. The van der Waals surface area contributed by atoms with Crippen molar-refractivity contribution in [2.75, 3.05) is 5.32 Å². The Balaban J connectivity index is 2.99. The lowest BCUT2D eigenvalue weighted by Crippen LogP contribution is -2.59. The number of carbonyl (C=O) groups excluding carboxylic acids is 1. The van der Waals surface area contributed by atoms with Crippen molar-refractivity contribution in [3.8, 4) is 6.07 Å². The van der Waals surface area contributed by atoms with Crippen LogP contribution in [0.1, 0.15) is 12.5 Å². The van der Waals surface area contributed by atoms with E-state index in [0.717, 1.165) is 0 Å². The van der Waals surface area contributed by atoms with E-state index in [-0.39, 0.29) is 10.2 Å². The number of nitriles is 1. The van der Waals surface area contributed by atoms with Crippen molar-refractivity contribution < 1.29 is 18.0 Å². The van der Waals surface area contributed by atoms with Crippen LogP contribution >= 0.6 is 15.9 Å². The van der Waals surface area contributed by atoms with Gasteiger partial charge in [0.25, 0.3) is 5.91 Å². The normalized spacial score (nSPS) is 14.4. The van der Waals surface area contributed by atoms with Gasteiger partial charge in [-0.2, -0.15) is 18.4 Å². The van der Waals surface area contributed by atoms with Gasteiger partial charge in [-0.15, -0.1) is 0 Å². The molecule has 0 aliphatic carbocycles. The van der Waals surface area contributed by atoms with Crippen molar-refractivity contribution in [1.29, 1.82) is 5.26 Å². The summed E-state index contributed by atoms with van der Waals surface area (Å²) in [6.45, 7) is 0.583. The van der Waals surface area contributed by atoms with E-state index in [1.54, 1.807) is 0 Å². The molecule has 3 N–H and O–H groups in total. The monoisotopic (exact) mass is 335 g/mol. The number of anilines is 1. The predicted octanol–water partition coefficient (Wildman–Crippen LogP) is 2.54. The molecular formula is C11H9BrF3N3O. The topological polar surface area (TPSA) is 78.9 Å². The van der Waals surface area contributed by atoms with E-state index in [0.29, 0.717) is 12.5 Å². The predicted molar refractivity (Wildman–Crippen MR) is 66.1 cm³/mol. The summed E-state index contributed by atoms with van der Waals surface area (Å²) in [4.78, 5) is 11.5. The molecule has 8 heteroatoms. The van der Waals surface area contributed by atoms with E-state index in [1.807, 2.05) is 6.07 Å². The summed E-state index contributed by atoms with van der Waals surface area (Å²) in [7, 11) is 0. The van der Waals surface area contributed by atoms with E-state index in [2.05, 4.69) is 21.2 Å². The maximum Gasteiger partial charge on any atom is 0.415 e. The lowest BCUT2D eigenvalue weighted by atomic mass is 10.0. The van der Waals surface area contributed by atoms with Crippen molar-refractivity contribution in [2.45, 2.75) is 18.6 Å². The first-order valence-corrected chi connectivity index (χ1v) is 5.75. The van der Waals surface area contributed by atoms with Crippen molar-refractivity contribution >= 4 is 27.5 Å². The molecule has 0 aromatic heterocycles. The molecule has 1 aromatic rings. The van der Waals surface area contributed by atoms with Crippen LogP contribution in [0, 0.1) is 11.3 Å². The maximum absolute atomic E-state index is 12.6. The smallest absolute Gasteiger partial charge is 0.323 e. The van der Waals surface area contributed by atoms with Gasteiger partial charge >= 0.3 is 6.18 Å². The second-order valence-electron chi connectivity index (χ2n) is 3.96. The first kappa shape index (κ1) is 15.5. The van der Waals surface area contributed by atoms with Gasteiger partial charge in [0.15, 0.2) is 5.54 Å². The fraction of sp³-hybridized carbons (Fsp3) is 0.273. The zero-order chi connectivity index (χ0) is 14.8. The average molecular weight is 336 g/mol. The van der Waals surface area contributed by atoms with Crippen LogP contribution in [0.5, 0.6) is 0 Å². The van der Waals surface area contributed by atoms with E-state index in [4.69, 9.17) is 11.0 Å². The Morgan fingerprint density at radius 1 is 1.47 bits per heavy atom. The van der Waals surface area contributed by atoms with Crippen molar-refractivity contribution in [3.05, 3.63) is 28.2 Å². The van der Waals surface area contributed by atoms with Crippen LogP contribution in [0.25, 0.3) is 0 Å².